The van der Waals surface area contributed by atoms with Crippen LogP contribution in [0.3, 0.4) is 0 Å². The lowest BCUT2D eigenvalue weighted by Crippen LogP contribution is -2.43. The Morgan fingerprint density at radius 2 is 2.25 bits per heavy atom. The van der Waals surface area contributed by atoms with E-state index in [0.29, 0.717) is 0 Å². The molecule has 0 atom stereocenters. The van der Waals surface area contributed by atoms with Gasteiger partial charge in [-0.3, -0.25) is 4.79 Å². The molecule has 3 nitrogen and oxygen atoms in total. The van der Waals surface area contributed by atoms with Gasteiger partial charge in [0.1, 0.15) is 11.5 Å². The fourth-order valence-electron chi connectivity index (χ4n) is 1.18. The number of nitrogens with one attached hydrogen (secondary N) is 1. The summed E-state index contributed by atoms with van der Waals surface area (Å²) in [4.78, 5) is 15.5. The summed E-state index contributed by atoms with van der Waals surface area (Å²) in [5.41, 5.74) is -0.0829. The van der Waals surface area contributed by atoms with Crippen LogP contribution < -0.4 is 5.32 Å². The topological polar surface area (TPSA) is 42.0 Å². The molecule has 0 aliphatic rings. The molecule has 1 amide bonds. The fourth-order valence-corrected chi connectivity index (χ4v) is 2.17. The first-order valence-corrected chi connectivity index (χ1v) is 6.07. The Morgan fingerprint density at radius 1 is 1.56 bits per heavy atom. The predicted molar refractivity (Wildman–Crippen MR) is 64.2 cm³/mol. The van der Waals surface area contributed by atoms with Crippen molar-refractivity contribution in [3.8, 4) is 0 Å². The maximum Gasteiger partial charge on any atom is 0.270 e. The van der Waals surface area contributed by atoms with Gasteiger partial charge in [-0.2, -0.15) is 0 Å². The number of amides is 1. The highest BCUT2D eigenvalue weighted by Gasteiger charge is 2.20. The number of carbonyl (C=O) groups is 1. The van der Waals surface area contributed by atoms with Crippen molar-refractivity contribution < 1.29 is 9.18 Å². The molecule has 0 saturated carbocycles. The van der Waals surface area contributed by atoms with Crippen LogP contribution in [0.4, 0.5) is 4.39 Å². The van der Waals surface area contributed by atoms with Gasteiger partial charge in [0.05, 0.1) is 6.20 Å². The number of hydrogen-bond donors (Lipinski definition) is 1. The Bertz CT molecular complexity index is 365. The number of rotatable bonds is 4. The number of carbonyl (C=O) groups excluding carboxylic acids is 1. The predicted octanol–water partition coefficient (Wildman–Crippen LogP) is 2.51. The zero-order chi connectivity index (χ0) is 12.2. The summed E-state index contributed by atoms with van der Waals surface area (Å²) in [6, 6.07) is 2.59. The third-order valence-corrected chi connectivity index (χ3v) is 2.53. The van der Waals surface area contributed by atoms with Crippen molar-refractivity contribution in [1.82, 2.24) is 10.3 Å². The minimum atomic E-state index is -0.448. The lowest BCUT2D eigenvalue weighted by Gasteiger charge is -2.25. The molecule has 1 aromatic heterocycles. The van der Waals surface area contributed by atoms with Crippen molar-refractivity contribution in [2.75, 3.05) is 5.33 Å². The number of pyridine rings is 1. The standard InChI is InChI=1S/C11H14BrFN2O/c1-11(2,5-6-12)15-10(16)9-4-3-8(13)7-14-9/h3-4,7H,5-6H2,1-2H3,(H,15,16). The fraction of sp³-hybridized carbons (Fsp3) is 0.455. The summed E-state index contributed by atoms with van der Waals surface area (Å²) in [5.74, 6) is -0.734. The lowest BCUT2D eigenvalue weighted by atomic mass is 10.0. The van der Waals surface area contributed by atoms with Crippen LogP contribution in [0.1, 0.15) is 30.8 Å². The van der Waals surface area contributed by atoms with Crippen LogP contribution >= 0.6 is 15.9 Å². The maximum atomic E-state index is 12.6. The number of aromatic nitrogens is 1. The van der Waals surface area contributed by atoms with Gasteiger partial charge in [0.2, 0.25) is 0 Å². The van der Waals surface area contributed by atoms with E-state index in [1.165, 1.54) is 12.1 Å². The number of alkyl halides is 1. The molecule has 88 valence electrons. The molecule has 0 aromatic carbocycles. The van der Waals surface area contributed by atoms with Crippen molar-refractivity contribution in [3.63, 3.8) is 0 Å². The zero-order valence-electron chi connectivity index (χ0n) is 9.26. The quantitative estimate of drug-likeness (QED) is 0.865. The van der Waals surface area contributed by atoms with Gasteiger partial charge in [-0.05, 0) is 32.4 Å². The van der Waals surface area contributed by atoms with Crippen molar-refractivity contribution in [1.29, 1.82) is 0 Å². The van der Waals surface area contributed by atoms with Gasteiger partial charge in [-0.25, -0.2) is 9.37 Å². The molecular weight excluding hydrogens is 275 g/mol. The Morgan fingerprint density at radius 3 is 2.75 bits per heavy atom. The first-order chi connectivity index (χ1) is 7.44. The van der Waals surface area contributed by atoms with E-state index in [1.54, 1.807) is 0 Å². The van der Waals surface area contributed by atoms with Crippen molar-refractivity contribution >= 4 is 21.8 Å². The van der Waals surface area contributed by atoms with Gasteiger partial charge in [0.25, 0.3) is 5.91 Å². The minimum Gasteiger partial charge on any atom is -0.346 e. The van der Waals surface area contributed by atoms with Crippen LogP contribution in [0.15, 0.2) is 18.3 Å². The van der Waals surface area contributed by atoms with E-state index >= 15 is 0 Å². The van der Waals surface area contributed by atoms with E-state index in [1.807, 2.05) is 13.8 Å². The van der Waals surface area contributed by atoms with E-state index in [2.05, 4.69) is 26.2 Å². The molecule has 0 radical (unpaired) electrons. The van der Waals surface area contributed by atoms with Gasteiger partial charge in [-0.15, -0.1) is 0 Å². The second-order valence-corrected chi connectivity index (χ2v) is 4.93. The summed E-state index contributed by atoms with van der Waals surface area (Å²) in [6.45, 7) is 3.85. The van der Waals surface area contributed by atoms with E-state index in [9.17, 15) is 9.18 Å². The number of nitrogens with zero attached hydrogens (tertiary/aromatic N) is 1. The first-order valence-electron chi connectivity index (χ1n) is 4.95. The van der Waals surface area contributed by atoms with Crippen LogP contribution in [-0.4, -0.2) is 21.8 Å². The molecule has 0 aliphatic carbocycles. The van der Waals surface area contributed by atoms with Gasteiger partial charge >= 0.3 is 0 Å². The second-order valence-electron chi connectivity index (χ2n) is 4.14. The summed E-state index contributed by atoms with van der Waals surface area (Å²) < 4.78 is 12.6. The van der Waals surface area contributed by atoms with Crippen LogP contribution in [0.2, 0.25) is 0 Å². The largest absolute Gasteiger partial charge is 0.346 e. The SMILES string of the molecule is CC(C)(CCBr)NC(=O)c1ccc(F)cn1. The molecule has 0 saturated heterocycles. The maximum absolute atomic E-state index is 12.6. The highest BCUT2D eigenvalue weighted by Crippen LogP contribution is 2.11. The zero-order valence-corrected chi connectivity index (χ0v) is 10.8. The van der Waals surface area contributed by atoms with Crippen molar-refractivity contribution in [2.24, 2.45) is 0 Å². The molecule has 1 rings (SSSR count). The van der Waals surface area contributed by atoms with Gasteiger partial charge < -0.3 is 5.32 Å². The Balaban J connectivity index is 2.69. The Hall–Kier alpha value is -0.970. The van der Waals surface area contributed by atoms with Crippen LogP contribution in [0, 0.1) is 5.82 Å². The summed E-state index contributed by atoms with van der Waals surface area (Å²) >= 11 is 3.32. The van der Waals surface area contributed by atoms with E-state index in [0.717, 1.165) is 17.9 Å². The molecule has 0 aliphatic heterocycles. The average Bonchev–Trinajstić information content (AvgIpc) is 2.17. The first kappa shape index (κ1) is 13.1. The molecule has 1 N–H and O–H groups in total. The van der Waals surface area contributed by atoms with E-state index in [4.69, 9.17) is 0 Å². The van der Waals surface area contributed by atoms with E-state index < -0.39 is 5.82 Å². The molecule has 0 spiro atoms. The highest BCUT2D eigenvalue weighted by molar-refractivity contribution is 9.09. The van der Waals surface area contributed by atoms with Gasteiger partial charge in [0.15, 0.2) is 0 Å². The van der Waals surface area contributed by atoms with Crippen molar-refractivity contribution in [2.45, 2.75) is 25.8 Å². The molecule has 0 bridgehead atoms. The van der Waals surface area contributed by atoms with Crippen LogP contribution in [0.25, 0.3) is 0 Å². The van der Waals surface area contributed by atoms with Gasteiger partial charge in [-0.1, -0.05) is 15.9 Å². The van der Waals surface area contributed by atoms with Crippen molar-refractivity contribution in [3.05, 3.63) is 29.8 Å². The summed E-state index contributed by atoms with van der Waals surface area (Å²) in [6.07, 6.45) is 1.84. The smallest absolute Gasteiger partial charge is 0.270 e. The molecule has 1 heterocycles. The normalized spacial score (nSPS) is 11.2. The third kappa shape index (κ3) is 3.89. The Kier molecular flexibility index (Phi) is 4.41. The van der Waals surface area contributed by atoms with Gasteiger partial charge in [0, 0.05) is 10.9 Å². The third-order valence-electron chi connectivity index (χ3n) is 2.13. The van der Waals surface area contributed by atoms with E-state index in [-0.39, 0.29) is 17.1 Å². The Labute approximate surface area is 103 Å². The molecular formula is C11H14BrFN2O. The molecule has 1 aromatic rings. The summed E-state index contributed by atoms with van der Waals surface area (Å²) in [5, 5.41) is 3.64. The molecule has 5 heteroatoms. The molecule has 16 heavy (non-hydrogen) atoms. The summed E-state index contributed by atoms with van der Waals surface area (Å²) in [7, 11) is 0. The molecule has 0 fully saturated rings. The van der Waals surface area contributed by atoms with Crippen LogP contribution in [0.5, 0.6) is 0 Å². The second kappa shape index (κ2) is 5.39. The monoisotopic (exact) mass is 288 g/mol. The average molecular weight is 289 g/mol. The minimum absolute atomic E-state index is 0.226. The lowest BCUT2D eigenvalue weighted by molar-refractivity contribution is 0.0906. The van der Waals surface area contributed by atoms with Crippen LogP contribution in [-0.2, 0) is 0 Å². The molecule has 0 unspecified atom stereocenters. The highest BCUT2D eigenvalue weighted by atomic mass is 79.9. The number of halogens is 2. The number of hydrogen-bond acceptors (Lipinski definition) is 2.